The van der Waals surface area contributed by atoms with E-state index in [1.807, 2.05) is 24.3 Å². The molecule has 0 bridgehead atoms. The van der Waals surface area contributed by atoms with Crippen molar-refractivity contribution in [3.8, 4) is 0 Å². The molecule has 0 aromatic heterocycles. The molecule has 2 aromatic rings. The normalized spacial score (nSPS) is 9.90. The predicted molar refractivity (Wildman–Crippen MR) is 88.2 cm³/mol. The molecule has 0 radical (unpaired) electrons. The number of anilines is 2. The second-order valence-electron chi connectivity index (χ2n) is 4.22. The van der Waals surface area contributed by atoms with E-state index in [0.717, 1.165) is 9.26 Å². The summed E-state index contributed by atoms with van der Waals surface area (Å²) in [4.78, 5) is 22.9. The number of halogens is 1. The summed E-state index contributed by atoms with van der Waals surface area (Å²) in [5, 5.41) is 5.44. The van der Waals surface area contributed by atoms with E-state index < -0.39 is 0 Å². The zero-order valence-corrected chi connectivity index (χ0v) is 13.0. The molecule has 5 heteroatoms. The molecule has 0 aliphatic rings. The van der Waals surface area contributed by atoms with E-state index in [9.17, 15) is 9.59 Å². The van der Waals surface area contributed by atoms with Gasteiger partial charge in [-0.15, -0.1) is 0 Å². The number of Topliss-reactive ketones (excluding diaryl/α,β-unsaturated/α-hetero) is 1. The number of hydrogen-bond acceptors (Lipinski definition) is 2. The van der Waals surface area contributed by atoms with Crippen molar-refractivity contribution in [2.75, 3.05) is 10.6 Å². The number of nitrogens with one attached hydrogen (secondary N) is 2. The molecule has 2 rings (SSSR count). The van der Waals surface area contributed by atoms with E-state index >= 15 is 0 Å². The maximum Gasteiger partial charge on any atom is 0.323 e. The van der Waals surface area contributed by atoms with Gasteiger partial charge in [0.25, 0.3) is 0 Å². The molecule has 0 fully saturated rings. The molecule has 0 aliphatic heterocycles. The number of amides is 2. The number of rotatable bonds is 3. The smallest absolute Gasteiger partial charge is 0.308 e. The van der Waals surface area contributed by atoms with Crippen molar-refractivity contribution in [2.45, 2.75) is 6.92 Å². The number of benzene rings is 2. The summed E-state index contributed by atoms with van der Waals surface area (Å²) >= 11 is 2.20. The fraction of sp³-hybridized carbons (Fsp3) is 0.0667. The molecule has 0 atom stereocenters. The average molecular weight is 380 g/mol. The summed E-state index contributed by atoms with van der Waals surface area (Å²) in [5.74, 6) is -0.000102. The molecule has 0 spiro atoms. The maximum absolute atomic E-state index is 11.8. The Kier molecular flexibility index (Phi) is 4.73. The number of hydrogen-bond donors (Lipinski definition) is 2. The lowest BCUT2D eigenvalue weighted by molar-refractivity contribution is 0.101. The van der Waals surface area contributed by atoms with E-state index in [2.05, 4.69) is 33.2 Å². The Bertz CT molecular complexity index is 621. The second kappa shape index (κ2) is 6.51. The quantitative estimate of drug-likeness (QED) is 0.621. The first kappa shape index (κ1) is 14.5. The number of carbonyl (C=O) groups is 2. The van der Waals surface area contributed by atoms with Crippen molar-refractivity contribution in [1.82, 2.24) is 0 Å². The van der Waals surface area contributed by atoms with E-state index in [-0.39, 0.29) is 11.8 Å². The molecular weight excluding hydrogens is 367 g/mol. The van der Waals surface area contributed by atoms with Crippen molar-refractivity contribution in [3.05, 3.63) is 57.7 Å². The SMILES string of the molecule is CC(=O)c1ccc(NC(=O)Nc2ccc(I)cc2)cc1. The van der Waals surface area contributed by atoms with Crippen molar-refractivity contribution in [1.29, 1.82) is 0 Å². The van der Waals surface area contributed by atoms with Crippen LogP contribution in [0.2, 0.25) is 0 Å². The summed E-state index contributed by atoms with van der Waals surface area (Å²) in [5.41, 5.74) is 1.98. The Hall–Kier alpha value is -1.89. The van der Waals surface area contributed by atoms with Gasteiger partial charge in [-0.1, -0.05) is 0 Å². The minimum Gasteiger partial charge on any atom is -0.308 e. The summed E-state index contributed by atoms with van der Waals surface area (Å²) in [7, 11) is 0. The van der Waals surface area contributed by atoms with Gasteiger partial charge in [-0.05, 0) is 78.0 Å². The fourth-order valence-electron chi connectivity index (χ4n) is 1.61. The van der Waals surface area contributed by atoms with Crippen molar-refractivity contribution in [2.24, 2.45) is 0 Å². The third kappa shape index (κ3) is 4.06. The molecule has 2 aromatic carbocycles. The van der Waals surface area contributed by atoms with Gasteiger partial charge in [0.2, 0.25) is 0 Å². The first-order valence-electron chi connectivity index (χ1n) is 5.99. The Morgan fingerprint density at radius 2 is 1.30 bits per heavy atom. The zero-order chi connectivity index (χ0) is 14.5. The maximum atomic E-state index is 11.8. The van der Waals surface area contributed by atoms with Gasteiger partial charge in [0.1, 0.15) is 0 Å². The lowest BCUT2D eigenvalue weighted by Gasteiger charge is -2.08. The molecular formula is C15H13IN2O2. The highest BCUT2D eigenvalue weighted by Gasteiger charge is 2.04. The minimum atomic E-state index is -0.318. The van der Waals surface area contributed by atoms with Gasteiger partial charge >= 0.3 is 6.03 Å². The Balaban J connectivity index is 1.97. The van der Waals surface area contributed by atoms with Gasteiger partial charge in [-0.25, -0.2) is 4.79 Å². The van der Waals surface area contributed by atoms with E-state index in [1.54, 1.807) is 24.3 Å². The van der Waals surface area contributed by atoms with Crippen molar-refractivity contribution >= 4 is 45.8 Å². The highest BCUT2D eigenvalue weighted by molar-refractivity contribution is 14.1. The largest absolute Gasteiger partial charge is 0.323 e. The van der Waals surface area contributed by atoms with E-state index in [0.29, 0.717) is 11.3 Å². The van der Waals surface area contributed by atoms with Gasteiger partial charge in [-0.3, -0.25) is 4.79 Å². The lowest BCUT2D eigenvalue weighted by atomic mass is 10.1. The van der Waals surface area contributed by atoms with Gasteiger partial charge in [0, 0.05) is 20.5 Å². The molecule has 102 valence electrons. The van der Waals surface area contributed by atoms with Gasteiger partial charge in [-0.2, -0.15) is 0 Å². The molecule has 4 nitrogen and oxygen atoms in total. The van der Waals surface area contributed by atoms with Gasteiger partial charge in [0.05, 0.1) is 0 Å². The van der Waals surface area contributed by atoms with Crippen LogP contribution in [0.25, 0.3) is 0 Å². The second-order valence-corrected chi connectivity index (χ2v) is 5.47. The van der Waals surface area contributed by atoms with Crippen LogP contribution in [-0.2, 0) is 0 Å². The van der Waals surface area contributed by atoms with E-state index in [4.69, 9.17) is 0 Å². The molecule has 2 amide bonds. The van der Waals surface area contributed by atoms with Crippen LogP contribution in [0.3, 0.4) is 0 Å². The third-order valence-corrected chi connectivity index (χ3v) is 3.37. The number of urea groups is 1. The van der Waals surface area contributed by atoms with Gasteiger partial charge in [0.15, 0.2) is 5.78 Å². The lowest BCUT2D eigenvalue weighted by Crippen LogP contribution is -2.19. The van der Waals surface area contributed by atoms with Crippen LogP contribution < -0.4 is 10.6 Å². The first-order valence-corrected chi connectivity index (χ1v) is 7.07. The molecule has 0 heterocycles. The minimum absolute atomic E-state index is 0.000102. The molecule has 0 saturated heterocycles. The summed E-state index contributed by atoms with van der Waals surface area (Å²) in [6.07, 6.45) is 0. The van der Waals surface area contributed by atoms with Gasteiger partial charge < -0.3 is 10.6 Å². The first-order chi connectivity index (χ1) is 9.54. The van der Waals surface area contributed by atoms with Crippen LogP contribution in [0, 0.1) is 3.57 Å². The topological polar surface area (TPSA) is 58.2 Å². The van der Waals surface area contributed by atoms with Crippen molar-refractivity contribution < 1.29 is 9.59 Å². The predicted octanol–water partition coefficient (Wildman–Crippen LogP) is 4.14. The Morgan fingerprint density at radius 1 is 0.850 bits per heavy atom. The van der Waals surface area contributed by atoms with Crippen LogP contribution in [-0.4, -0.2) is 11.8 Å². The number of ketones is 1. The van der Waals surface area contributed by atoms with Crippen LogP contribution in [0.5, 0.6) is 0 Å². The standard InChI is InChI=1S/C15H13IN2O2/c1-10(19)11-2-6-13(7-3-11)17-15(20)18-14-8-4-12(16)5-9-14/h2-9H,1H3,(H2,17,18,20). The van der Waals surface area contributed by atoms with Crippen LogP contribution >= 0.6 is 22.6 Å². The zero-order valence-electron chi connectivity index (χ0n) is 10.8. The molecule has 2 N–H and O–H groups in total. The highest BCUT2D eigenvalue weighted by Crippen LogP contribution is 2.13. The number of carbonyl (C=O) groups excluding carboxylic acids is 2. The summed E-state index contributed by atoms with van der Waals surface area (Å²) < 4.78 is 1.10. The Labute approximate surface area is 130 Å². The van der Waals surface area contributed by atoms with E-state index in [1.165, 1.54) is 6.92 Å². The Morgan fingerprint density at radius 3 is 1.75 bits per heavy atom. The molecule has 20 heavy (non-hydrogen) atoms. The summed E-state index contributed by atoms with van der Waals surface area (Å²) in [6.45, 7) is 1.51. The van der Waals surface area contributed by atoms with Crippen molar-refractivity contribution in [3.63, 3.8) is 0 Å². The molecule has 0 unspecified atom stereocenters. The highest BCUT2D eigenvalue weighted by atomic mass is 127. The van der Waals surface area contributed by atoms with Crippen LogP contribution in [0.4, 0.5) is 16.2 Å². The third-order valence-electron chi connectivity index (χ3n) is 2.65. The monoisotopic (exact) mass is 380 g/mol. The van der Waals surface area contributed by atoms with Crippen LogP contribution in [0.1, 0.15) is 17.3 Å². The fourth-order valence-corrected chi connectivity index (χ4v) is 1.97. The molecule has 0 aliphatic carbocycles. The van der Waals surface area contributed by atoms with Crippen LogP contribution in [0.15, 0.2) is 48.5 Å². The summed E-state index contributed by atoms with van der Waals surface area (Å²) in [6, 6.07) is 13.9. The molecule has 0 saturated carbocycles. The average Bonchev–Trinajstić information content (AvgIpc) is 2.42.